The lowest BCUT2D eigenvalue weighted by atomic mass is 10.1. The Morgan fingerprint density at radius 2 is 1.97 bits per heavy atom. The molecule has 180 valence electrons. The zero-order valence-corrected chi connectivity index (χ0v) is 19.3. The number of carbonyl (C=O) groups is 2. The molecule has 2 aromatic heterocycles. The van der Waals surface area contributed by atoms with E-state index in [0.29, 0.717) is 31.8 Å². The summed E-state index contributed by atoms with van der Waals surface area (Å²) in [5.74, 6) is 0.384. The van der Waals surface area contributed by atoms with Gasteiger partial charge in [0.2, 0.25) is 0 Å². The van der Waals surface area contributed by atoms with Gasteiger partial charge in [0.25, 0.3) is 5.91 Å². The molecule has 0 aromatic carbocycles. The second kappa shape index (κ2) is 9.36. The summed E-state index contributed by atoms with van der Waals surface area (Å²) >= 11 is 0.860. The second-order valence-electron chi connectivity index (χ2n) is 8.75. The molecule has 4 rings (SSSR count). The Labute approximate surface area is 193 Å². The summed E-state index contributed by atoms with van der Waals surface area (Å²) in [7, 11) is 1.42. The average Bonchev–Trinajstić information content (AvgIpc) is 3.47. The average molecular weight is 485 g/mol. The van der Waals surface area contributed by atoms with E-state index in [1.807, 2.05) is 6.92 Å². The number of thiophene rings is 1. The topological polar surface area (TPSA) is 83.6 Å². The highest BCUT2D eigenvalue weighted by Gasteiger charge is 2.36. The van der Waals surface area contributed by atoms with E-state index in [1.165, 1.54) is 25.3 Å². The number of nitrogens with zero attached hydrogens (tertiary/aromatic N) is 2. The fraction of sp³-hybridized carbons (Fsp3) is 0.591. The summed E-state index contributed by atoms with van der Waals surface area (Å²) < 4.78 is 46.7. The SMILES string of the molecule is CNC(=O)c1csc2c(C(F)(F)F)cc(N3CCC(OC(=O)N[C@@H](C)CC4CC4)CC3)nc12. The van der Waals surface area contributed by atoms with Gasteiger partial charge in [-0.3, -0.25) is 4.79 Å². The zero-order valence-electron chi connectivity index (χ0n) is 18.5. The second-order valence-corrected chi connectivity index (χ2v) is 9.63. The Morgan fingerprint density at radius 3 is 2.58 bits per heavy atom. The molecule has 2 fully saturated rings. The van der Waals surface area contributed by atoms with E-state index in [4.69, 9.17) is 4.74 Å². The number of carbonyl (C=O) groups excluding carboxylic acids is 2. The van der Waals surface area contributed by atoms with Gasteiger partial charge in [0.15, 0.2) is 0 Å². The van der Waals surface area contributed by atoms with Crippen LogP contribution in [0, 0.1) is 5.92 Å². The van der Waals surface area contributed by atoms with Gasteiger partial charge in [-0.15, -0.1) is 11.3 Å². The highest BCUT2D eigenvalue weighted by atomic mass is 32.1. The number of hydrogen-bond acceptors (Lipinski definition) is 6. The fourth-order valence-corrected chi connectivity index (χ4v) is 5.19. The van der Waals surface area contributed by atoms with Crippen LogP contribution < -0.4 is 15.5 Å². The van der Waals surface area contributed by atoms with E-state index in [-0.39, 0.29) is 33.7 Å². The van der Waals surface area contributed by atoms with Crippen molar-refractivity contribution in [1.82, 2.24) is 15.6 Å². The number of rotatable bonds is 6. The molecule has 0 spiro atoms. The van der Waals surface area contributed by atoms with Crippen LogP contribution in [0.3, 0.4) is 0 Å². The summed E-state index contributed by atoms with van der Waals surface area (Å²) in [4.78, 5) is 30.4. The lowest BCUT2D eigenvalue weighted by molar-refractivity contribution is -0.136. The van der Waals surface area contributed by atoms with Crippen molar-refractivity contribution in [2.45, 2.75) is 57.3 Å². The summed E-state index contributed by atoms with van der Waals surface area (Å²) in [6, 6.07) is 1.10. The Balaban J connectivity index is 1.45. The van der Waals surface area contributed by atoms with Crippen molar-refractivity contribution in [3.63, 3.8) is 0 Å². The Morgan fingerprint density at radius 1 is 1.27 bits per heavy atom. The quantitative estimate of drug-likeness (QED) is 0.628. The molecule has 1 aliphatic carbocycles. The molecular weight excluding hydrogens is 457 g/mol. The molecule has 2 N–H and O–H groups in total. The smallest absolute Gasteiger partial charge is 0.417 e. The van der Waals surface area contributed by atoms with E-state index in [2.05, 4.69) is 15.6 Å². The lowest BCUT2D eigenvalue weighted by Crippen LogP contribution is -2.41. The molecule has 0 unspecified atom stereocenters. The van der Waals surface area contributed by atoms with Crippen molar-refractivity contribution in [2.75, 3.05) is 25.0 Å². The minimum Gasteiger partial charge on any atom is -0.446 e. The third-order valence-electron chi connectivity index (χ3n) is 6.07. The van der Waals surface area contributed by atoms with Crippen molar-refractivity contribution in [2.24, 2.45) is 5.92 Å². The van der Waals surface area contributed by atoms with Gasteiger partial charge in [-0.05, 0) is 25.3 Å². The van der Waals surface area contributed by atoms with Crippen molar-refractivity contribution in [1.29, 1.82) is 0 Å². The van der Waals surface area contributed by atoms with Crippen LogP contribution in [0.1, 0.15) is 54.9 Å². The number of alkyl carbamates (subject to hydrolysis) is 1. The first-order valence-electron chi connectivity index (χ1n) is 11.1. The summed E-state index contributed by atoms with van der Waals surface area (Å²) in [6.07, 6.45) is -0.982. The predicted molar refractivity (Wildman–Crippen MR) is 120 cm³/mol. The van der Waals surface area contributed by atoms with Gasteiger partial charge in [-0.2, -0.15) is 13.2 Å². The Hall–Kier alpha value is -2.56. The number of pyridine rings is 1. The standard InChI is InChI=1S/C22H27F3N4O3S/c1-12(9-13-3-4-13)27-21(31)32-14-5-7-29(8-6-14)17-10-16(22(23,24)25)19-18(28-17)15(11-33-19)20(30)26-2/h10-14H,3-9H2,1-2H3,(H,26,30)(H,27,31)/t12-/m0/s1. The van der Waals surface area contributed by atoms with Gasteiger partial charge >= 0.3 is 12.3 Å². The van der Waals surface area contributed by atoms with E-state index in [1.54, 1.807) is 4.90 Å². The first-order chi connectivity index (χ1) is 15.7. The summed E-state index contributed by atoms with van der Waals surface area (Å²) in [5, 5.41) is 6.70. The van der Waals surface area contributed by atoms with Crippen LogP contribution in [0.5, 0.6) is 0 Å². The Bertz CT molecular complexity index is 1030. The van der Waals surface area contributed by atoms with E-state index in [9.17, 15) is 22.8 Å². The van der Waals surface area contributed by atoms with Crippen molar-refractivity contribution in [3.8, 4) is 0 Å². The number of hydrogen-bond donors (Lipinski definition) is 2. The molecular formula is C22H27F3N4O3S. The third kappa shape index (κ3) is 5.51. The van der Waals surface area contributed by atoms with Crippen LogP contribution in [-0.4, -0.2) is 49.3 Å². The van der Waals surface area contributed by atoms with Crippen LogP contribution >= 0.6 is 11.3 Å². The van der Waals surface area contributed by atoms with Crippen LogP contribution in [0.4, 0.5) is 23.8 Å². The molecule has 2 aliphatic rings. The lowest BCUT2D eigenvalue weighted by Gasteiger charge is -2.33. The number of piperidine rings is 1. The normalized spacial score (nSPS) is 18.3. The number of anilines is 1. The van der Waals surface area contributed by atoms with E-state index in [0.717, 1.165) is 23.8 Å². The number of fused-ring (bicyclic) bond motifs is 1. The first-order valence-corrected chi connectivity index (χ1v) is 12.0. The zero-order chi connectivity index (χ0) is 23.8. The van der Waals surface area contributed by atoms with Gasteiger partial charge in [0.1, 0.15) is 11.9 Å². The number of amides is 2. The van der Waals surface area contributed by atoms with Crippen LogP contribution in [0.15, 0.2) is 11.4 Å². The molecule has 11 heteroatoms. The molecule has 1 atom stereocenters. The maximum absolute atomic E-state index is 13.7. The summed E-state index contributed by atoms with van der Waals surface area (Å²) in [5.41, 5.74) is -0.628. The van der Waals surface area contributed by atoms with Crippen LogP contribution in [-0.2, 0) is 10.9 Å². The van der Waals surface area contributed by atoms with Gasteiger partial charge in [0, 0.05) is 44.4 Å². The number of halogens is 3. The highest BCUT2D eigenvalue weighted by molar-refractivity contribution is 7.17. The van der Waals surface area contributed by atoms with Crippen LogP contribution in [0.2, 0.25) is 0 Å². The van der Waals surface area contributed by atoms with Crippen molar-refractivity contribution >= 4 is 39.4 Å². The molecule has 0 bridgehead atoms. The maximum atomic E-state index is 13.7. The number of nitrogens with one attached hydrogen (secondary N) is 2. The molecule has 33 heavy (non-hydrogen) atoms. The number of alkyl halides is 3. The predicted octanol–water partition coefficient (Wildman–Crippen LogP) is 4.56. The minimum absolute atomic E-state index is 0.0478. The maximum Gasteiger partial charge on any atom is 0.417 e. The van der Waals surface area contributed by atoms with Crippen molar-refractivity contribution in [3.05, 3.63) is 22.6 Å². The van der Waals surface area contributed by atoms with E-state index >= 15 is 0 Å². The molecule has 1 saturated carbocycles. The fourth-order valence-electron chi connectivity index (χ4n) is 4.17. The highest BCUT2D eigenvalue weighted by Crippen LogP contribution is 2.40. The van der Waals surface area contributed by atoms with E-state index < -0.39 is 23.7 Å². The largest absolute Gasteiger partial charge is 0.446 e. The number of aromatic nitrogens is 1. The van der Waals surface area contributed by atoms with Gasteiger partial charge in [0.05, 0.1) is 21.3 Å². The minimum atomic E-state index is -4.57. The Kier molecular flexibility index (Phi) is 6.69. The molecule has 1 aliphatic heterocycles. The summed E-state index contributed by atoms with van der Waals surface area (Å²) in [6.45, 7) is 2.75. The molecule has 3 heterocycles. The monoisotopic (exact) mass is 484 g/mol. The molecule has 2 aromatic rings. The molecule has 1 saturated heterocycles. The van der Waals surface area contributed by atoms with Crippen LogP contribution in [0.25, 0.3) is 10.2 Å². The van der Waals surface area contributed by atoms with Gasteiger partial charge in [-0.1, -0.05) is 12.8 Å². The molecule has 2 amide bonds. The third-order valence-corrected chi connectivity index (χ3v) is 7.08. The first kappa shape index (κ1) is 23.6. The number of ether oxygens (including phenoxy) is 1. The van der Waals surface area contributed by atoms with Gasteiger partial charge in [-0.25, -0.2) is 9.78 Å². The van der Waals surface area contributed by atoms with Crippen molar-refractivity contribution < 1.29 is 27.5 Å². The molecule has 0 radical (unpaired) electrons. The molecule has 7 nitrogen and oxygen atoms in total. The van der Waals surface area contributed by atoms with Gasteiger partial charge < -0.3 is 20.3 Å².